The van der Waals surface area contributed by atoms with Crippen LogP contribution in [0, 0.1) is 19.8 Å². The number of carbonyl (C=O) groups excluding carboxylic acids is 1. The predicted octanol–water partition coefficient (Wildman–Crippen LogP) is 0.972. The van der Waals surface area contributed by atoms with Gasteiger partial charge in [0, 0.05) is 24.6 Å². The summed E-state index contributed by atoms with van der Waals surface area (Å²) in [7, 11) is 0. The summed E-state index contributed by atoms with van der Waals surface area (Å²) < 4.78 is 2.12. The van der Waals surface area contributed by atoms with Crippen LogP contribution in [0.4, 0.5) is 0 Å². The Morgan fingerprint density at radius 2 is 2.20 bits per heavy atom. The van der Waals surface area contributed by atoms with Crippen molar-refractivity contribution < 1.29 is 4.79 Å². The van der Waals surface area contributed by atoms with Crippen LogP contribution in [0.15, 0.2) is 6.07 Å². The van der Waals surface area contributed by atoms with Gasteiger partial charge in [-0.05, 0) is 45.8 Å². The first-order valence-electron chi connectivity index (χ1n) is 7.66. The van der Waals surface area contributed by atoms with Gasteiger partial charge in [-0.25, -0.2) is 0 Å². The molecule has 20 heavy (non-hydrogen) atoms. The van der Waals surface area contributed by atoms with Crippen molar-refractivity contribution in [1.29, 1.82) is 0 Å². The van der Waals surface area contributed by atoms with Crippen LogP contribution in [0.3, 0.4) is 0 Å². The van der Waals surface area contributed by atoms with Gasteiger partial charge in [0.05, 0.1) is 17.8 Å². The highest BCUT2D eigenvalue weighted by molar-refractivity contribution is 5.85. The zero-order valence-corrected chi connectivity index (χ0v) is 12.4. The molecule has 0 amide bonds. The fourth-order valence-electron chi connectivity index (χ4n) is 3.68. The molecule has 2 fully saturated rings. The Morgan fingerprint density at radius 1 is 1.35 bits per heavy atom. The van der Waals surface area contributed by atoms with Crippen molar-refractivity contribution >= 4 is 5.78 Å². The largest absolute Gasteiger partial charge is 0.315 e. The molecule has 2 aliphatic rings. The number of nitrogens with zero attached hydrogens (tertiary/aromatic N) is 2. The molecule has 0 aliphatic carbocycles. The third-order valence-electron chi connectivity index (χ3n) is 4.60. The summed E-state index contributed by atoms with van der Waals surface area (Å²) in [4.78, 5) is 12.2. The van der Waals surface area contributed by atoms with Crippen LogP contribution in [0.25, 0.3) is 0 Å². The third kappa shape index (κ3) is 2.52. The van der Waals surface area contributed by atoms with Crippen molar-refractivity contribution in [2.45, 2.75) is 45.2 Å². The Hall–Kier alpha value is -1.20. The number of hydrogen-bond acceptors (Lipinski definition) is 4. The summed E-state index contributed by atoms with van der Waals surface area (Å²) in [6.07, 6.45) is 2.74. The molecule has 2 saturated heterocycles. The first kappa shape index (κ1) is 13.8. The SMILES string of the molecule is Cc1cc(C)n(C2CNCCC2C2NCCCC2=O)n1. The molecule has 3 heterocycles. The second-order valence-electron chi connectivity index (χ2n) is 6.10. The Bertz CT molecular complexity index is 496. The lowest BCUT2D eigenvalue weighted by Crippen LogP contribution is -2.53. The molecule has 0 bridgehead atoms. The van der Waals surface area contributed by atoms with E-state index in [2.05, 4.69) is 33.4 Å². The first-order valence-corrected chi connectivity index (χ1v) is 7.66. The molecular formula is C15H24N4O. The van der Waals surface area contributed by atoms with E-state index in [0.29, 0.717) is 11.7 Å². The molecule has 1 aromatic rings. The lowest BCUT2D eigenvalue weighted by atomic mass is 9.81. The van der Waals surface area contributed by atoms with E-state index in [0.717, 1.165) is 44.6 Å². The fraction of sp³-hybridized carbons (Fsp3) is 0.733. The zero-order valence-electron chi connectivity index (χ0n) is 12.4. The lowest BCUT2D eigenvalue weighted by Gasteiger charge is -2.39. The summed E-state index contributed by atoms with van der Waals surface area (Å²) in [6, 6.07) is 2.40. The average Bonchev–Trinajstić information content (AvgIpc) is 2.78. The number of hydrogen-bond donors (Lipinski definition) is 2. The van der Waals surface area contributed by atoms with Gasteiger partial charge in [-0.15, -0.1) is 0 Å². The van der Waals surface area contributed by atoms with Gasteiger partial charge in [0.15, 0.2) is 0 Å². The molecule has 0 radical (unpaired) electrons. The summed E-state index contributed by atoms with van der Waals surface area (Å²) in [5.41, 5.74) is 2.24. The van der Waals surface area contributed by atoms with Crippen molar-refractivity contribution in [2.24, 2.45) is 5.92 Å². The van der Waals surface area contributed by atoms with Gasteiger partial charge in [-0.2, -0.15) is 5.10 Å². The molecule has 3 unspecified atom stereocenters. The second kappa shape index (κ2) is 5.66. The molecule has 0 spiro atoms. The Balaban J connectivity index is 1.87. The van der Waals surface area contributed by atoms with Crippen molar-refractivity contribution in [3.05, 3.63) is 17.5 Å². The minimum absolute atomic E-state index is 0.0137. The Morgan fingerprint density at radius 3 is 2.90 bits per heavy atom. The normalized spacial score (nSPS) is 31.5. The van der Waals surface area contributed by atoms with E-state index in [4.69, 9.17) is 0 Å². The highest BCUT2D eigenvalue weighted by atomic mass is 16.1. The van der Waals surface area contributed by atoms with Crippen LogP contribution >= 0.6 is 0 Å². The monoisotopic (exact) mass is 276 g/mol. The van der Waals surface area contributed by atoms with Crippen molar-refractivity contribution in [2.75, 3.05) is 19.6 Å². The summed E-state index contributed by atoms with van der Waals surface area (Å²) in [5.74, 6) is 0.733. The van der Waals surface area contributed by atoms with Gasteiger partial charge in [0.1, 0.15) is 5.78 Å². The fourth-order valence-corrected chi connectivity index (χ4v) is 3.68. The number of aryl methyl sites for hydroxylation is 2. The van der Waals surface area contributed by atoms with Crippen LogP contribution in [-0.2, 0) is 4.79 Å². The molecule has 0 saturated carbocycles. The Labute approximate surface area is 120 Å². The van der Waals surface area contributed by atoms with E-state index in [1.807, 2.05) is 6.92 Å². The Kier molecular flexibility index (Phi) is 3.89. The maximum Gasteiger partial charge on any atom is 0.150 e. The topological polar surface area (TPSA) is 59.0 Å². The van der Waals surface area contributed by atoms with E-state index in [9.17, 15) is 4.79 Å². The minimum Gasteiger partial charge on any atom is -0.315 e. The maximum absolute atomic E-state index is 12.2. The van der Waals surface area contributed by atoms with Crippen LogP contribution in [0.1, 0.15) is 36.7 Å². The molecule has 5 nitrogen and oxygen atoms in total. The highest BCUT2D eigenvalue weighted by Crippen LogP contribution is 2.30. The molecule has 1 aromatic heterocycles. The van der Waals surface area contributed by atoms with E-state index < -0.39 is 0 Å². The quantitative estimate of drug-likeness (QED) is 0.845. The number of piperidine rings is 2. The second-order valence-corrected chi connectivity index (χ2v) is 6.10. The van der Waals surface area contributed by atoms with Gasteiger partial charge in [-0.1, -0.05) is 0 Å². The van der Waals surface area contributed by atoms with E-state index >= 15 is 0 Å². The molecule has 110 valence electrons. The van der Waals surface area contributed by atoms with Gasteiger partial charge in [0.2, 0.25) is 0 Å². The van der Waals surface area contributed by atoms with E-state index in [1.54, 1.807) is 0 Å². The van der Waals surface area contributed by atoms with Gasteiger partial charge in [-0.3, -0.25) is 9.48 Å². The smallest absolute Gasteiger partial charge is 0.150 e. The third-order valence-corrected chi connectivity index (χ3v) is 4.60. The maximum atomic E-state index is 12.2. The summed E-state index contributed by atoms with van der Waals surface area (Å²) >= 11 is 0. The molecule has 2 aliphatic heterocycles. The van der Waals surface area contributed by atoms with Gasteiger partial charge < -0.3 is 10.6 Å². The standard InChI is InChI=1S/C15H24N4O/c1-10-8-11(2)19(18-10)13-9-16-7-5-12(13)15-14(20)4-3-6-17-15/h8,12-13,15-17H,3-7,9H2,1-2H3. The van der Waals surface area contributed by atoms with Crippen LogP contribution in [-0.4, -0.2) is 41.2 Å². The van der Waals surface area contributed by atoms with Crippen molar-refractivity contribution in [3.63, 3.8) is 0 Å². The predicted molar refractivity (Wildman–Crippen MR) is 77.7 cm³/mol. The van der Waals surface area contributed by atoms with E-state index in [-0.39, 0.29) is 12.1 Å². The number of nitrogens with one attached hydrogen (secondary N) is 2. The number of carbonyl (C=O) groups is 1. The van der Waals surface area contributed by atoms with Gasteiger partial charge in [0.25, 0.3) is 0 Å². The minimum atomic E-state index is 0.0137. The summed E-state index contributed by atoms with van der Waals surface area (Å²) in [6.45, 7) is 6.98. The van der Waals surface area contributed by atoms with Crippen LogP contribution in [0.5, 0.6) is 0 Å². The molecular weight excluding hydrogens is 252 g/mol. The average molecular weight is 276 g/mol. The highest BCUT2D eigenvalue weighted by Gasteiger charge is 2.38. The van der Waals surface area contributed by atoms with E-state index in [1.165, 1.54) is 5.69 Å². The molecule has 3 rings (SSSR count). The molecule has 2 N–H and O–H groups in total. The van der Waals surface area contributed by atoms with Gasteiger partial charge >= 0.3 is 0 Å². The van der Waals surface area contributed by atoms with Crippen LogP contribution < -0.4 is 10.6 Å². The summed E-state index contributed by atoms with van der Waals surface area (Å²) in [5, 5.41) is 11.5. The molecule has 5 heteroatoms. The lowest BCUT2D eigenvalue weighted by molar-refractivity contribution is -0.124. The first-order chi connectivity index (χ1) is 9.66. The van der Waals surface area contributed by atoms with Crippen LogP contribution in [0.2, 0.25) is 0 Å². The van der Waals surface area contributed by atoms with Crippen molar-refractivity contribution in [1.82, 2.24) is 20.4 Å². The number of rotatable bonds is 2. The molecule has 3 atom stereocenters. The number of aromatic nitrogens is 2. The zero-order chi connectivity index (χ0) is 14.1. The molecule has 0 aromatic carbocycles. The van der Waals surface area contributed by atoms with Crippen molar-refractivity contribution in [3.8, 4) is 0 Å². The number of Topliss-reactive ketones (excluding diaryl/α,β-unsaturated/α-hetero) is 1. The number of ketones is 1.